The van der Waals surface area contributed by atoms with E-state index in [1.54, 1.807) is 24.3 Å². The lowest BCUT2D eigenvalue weighted by molar-refractivity contribution is 0.0698. The first-order valence-electron chi connectivity index (χ1n) is 7.22. The summed E-state index contributed by atoms with van der Waals surface area (Å²) in [5.74, 6) is -0.506. The molecule has 0 aliphatic rings. The smallest absolute Gasteiger partial charge is 0.337 e. The summed E-state index contributed by atoms with van der Waals surface area (Å²) in [5.41, 5.74) is 2.20. The van der Waals surface area contributed by atoms with Crippen LogP contribution in [0.3, 0.4) is 0 Å². The Bertz CT molecular complexity index is 707. The van der Waals surface area contributed by atoms with E-state index in [1.807, 2.05) is 12.1 Å². The number of carboxylic acid groups (broad SMARTS) is 1. The van der Waals surface area contributed by atoms with Gasteiger partial charge in [-0.2, -0.15) is 0 Å². The number of phenols is 1. The van der Waals surface area contributed by atoms with Gasteiger partial charge in [0, 0.05) is 11.8 Å². The summed E-state index contributed by atoms with van der Waals surface area (Å²) in [6, 6.07) is 12.0. The van der Waals surface area contributed by atoms with Gasteiger partial charge in [-0.1, -0.05) is 32.0 Å². The monoisotopic (exact) mass is 297 g/mol. The highest BCUT2D eigenvalue weighted by atomic mass is 16.4. The van der Waals surface area contributed by atoms with Gasteiger partial charge in [-0.25, -0.2) is 4.79 Å². The predicted octanol–water partition coefficient (Wildman–Crippen LogP) is 4.35. The van der Waals surface area contributed by atoms with Gasteiger partial charge in [-0.3, -0.25) is 4.99 Å². The zero-order valence-corrected chi connectivity index (χ0v) is 12.7. The summed E-state index contributed by atoms with van der Waals surface area (Å²) in [4.78, 5) is 15.4. The van der Waals surface area contributed by atoms with Gasteiger partial charge in [0.05, 0.1) is 11.3 Å². The number of carbonyl (C=O) groups is 1. The molecule has 2 rings (SSSR count). The van der Waals surface area contributed by atoms with Crippen LogP contribution in [0.4, 0.5) is 5.69 Å². The molecule has 0 heterocycles. The van der Waals surface area contributed by atoms with Crippen LogP contribution in [0.15, 0.2) is 47.5 Å². The van der Waals surface area contributed by atoms with E-state index in [4.69, 9.17) is 5.11 Å². The average Bonchev–Trinajstić information content (AvgIpc) is 2.53. The van der Waals surface area contributed by atoms with E-state index in [1.165, 1.54) is 12.3 Å². The van der Waals surface area contributed by atoms with Gasteiger partial charge in [0.1, 0.15) is 5.75 Å². The SMILES string of the molecule is CCC(C)c1ccc(O)c(C=Nc2ccccc2C(=O)O)c1. The summed E-state index contributed by atoms with van der Waals surface area (Å²) >= 11 is 0. The molecule has 0 saturated heterocycles. The molecular weight excluding hydrogens is 278 g/mol. The molecule has 0 aromatic heterocycles. The van der Waals surface area contributed by atoms with Gasteiger partial charge in [0.15, 0.2) is 0 Å². The van der Waals surface area contributed by atoms with Crippen molar-refractivity contribution in [3.63, 3.8) is 0 Å². The Morgan fingerprint density at radius 1 is 1.27 bits per heavy atom. The lowest BCUT2D eigenvalue weighted by atomic mass is 9.97. The summed E-state index contributed by atoms with van der Waals surface area (Å²) in [7, 11) is 0. The third-order valence-corrected chi connectivity index (χ3v) is 3.71. The number of para-hydroxylation sites is 1. The number of hydrogen-bond donors (Lipinski definition) is 2. The fourth-order valence-electron chi connectivity index (χ4n) is 2.12. The molecule has 0 fully saturated rings. The summed E-state index contributed by atoms with van der Waals surface area (Å²) in [6.45, 7) is 4.22. The van der Waals surface area contributed by atoms with Crippen molar-refractivity contribution in [2.24, 2.45) is 4.99 Å². The lowest BCUT2D eigenvalue weighted by Crippen LogP contribution is -1.96. The highest BCUT2D eigenvalue weighted by Gasteiger charge is 2.09. The van der Waals surface area contributed by atoms with Crippen LogP contribution in [-0.4, -0.2) is 22.4 Å². The van der Waals surface area contributed by atoms with Gasteiger partial charge >= 0.3 is 5.97 Å². The Morgan fingerprint density at radius 3 is 2.68 bits per heavy atom. The topological polar surface area (TPSA) is 69.9 Å². The first kappa shape index (κ1) is 15.8. The van der Waals surface area contributed by atoms with Gasteiger partial charge in [0.2, 0.25) is 0 Å². The second kappa shape index (κ2) is 6.89. The van der Waals surface area contributed by atoms with Crippen molar-refractivity contribution in [1.29, 1.82) is 0 Å². The average molecular weight is 297 g/mol. The minimum Gasteiger partial charge on any atom is -0.507 e. The number of phenolic OH excluding ortho intramolecular Hbond substituents is 1. The van der Waals surface area contributed by atoms with Crippen LogP contribution in [0.2, 0.25) is 0 Å². The zero-order chi connectivity index (χ0) is 16.1. The molecule has 0 spiro atoms. The minimum absolute atomic E-state index is 0.128. The van der Waals surface area contributed by atoms with Crippen molar-refractivity contribution >= 4 is 17.9 Å². The standard InChI is InChI=1S/C18H19NO3/c1-3-12(2)13-8-9-17(20)14(10-13)11-19-16-7-5-4-6-15(16)18(21)22/h4-12,20H,3H2,1-2H3,(H,21,22). The fraction of sp³-hybridized carbons (Fsp3) is 0.222. The van der Waals surface area contributed by atoms with E-state index in [0.717, 1.165) is 12.0 Å². The van der Waals surface area contributed by atoms with Crippen molar-refractivity contribution in [3.05, 3.63) is 59.2 Å². The highest BCUT2D eigenvalue weighted by molar-refractivity contribution is 5.95. The van der Waals surface area contributed by atoms with E-state index >= 15 is 0 Å². The van der Waals surface area contributed by atoms with Crippen LogP contribution in [0.25, 0.3) is 0 Å². The zero-order valence-electron chi connectivity index (χ0n) is 12.7. The van der Waals surface area contributed by atoms with Crippen molar-refractivity contribution < 1.29 is 15.0 Å². The number of aromatic carboxylic acids is 1. The van der Waals surface area contributed by atoms with Gasteiger partial charge in [-0.05, 0) is 42.2 Å². The van der Waals surface area contributed by atoms with E-state index < -0.39 is 5.97 Å². The van der Waals surface area contributed by atoms with Crippen LogP contribution in [0, 0.1) is 0 Å². The van der Waals surface area contributed by atoms with Crippen LogP contribution in [0.5, 0.6) is 5.75 Å². The summed E-state index contributed by atoms with van der Waals surface area (Å²) in [5, 5.41) is 19.1. The third-order valence-electron chi connectivity index (χ3n) is 3.71. The predicted molar refractivity (Wildman–Crippen MR) is 87.5 cm³/mol. The molecule has 4 nitrogen and oxygen atoms in total. The molecule has 22 heavy (non-hydrogen) atoms. The van der Waals surface area contributed by atoms with E-state index in [0.29, 0.717) is 17.2 Å². The molecule has 114 valence electrons. The molecule has 0 aliphatic carbocycles. The maximum atomic E-state index is 11.2. The first-order valence-corrected chi connectivity index (χ1v) is 7.22. The minimum atomic E-state index is -1.02. The molecule has 2 aromatic rings. The number of rotatable bonds is 5. The number of aliphatic imine (C=N–C) groups is 1. The molecule has 4 heteroatoms. The van der Waals surface area contributed by atoms with Crippen LogP contribution >= 0.6 is 0 Å². The maximum Gasteiger partial charge on any atom is 0.337 e. The maximum absolute atomic E-state index is 11.2. The number of aromatic hydroxyl groups is 1. The molecule has 2 aromatic carbocycles. The molecule has 1 unspecified atom stereocenters. The Balaban J connectivity index is 2.36. The van der Waals surface area contributed by atoms with Crippen molar-refractivity contribution in [1.82, 2.24) is 0 Å². The second-order valence-electron chi connectivity index (χ2n) is 5.21. The van der Waals surface area contributed by atoms with Crippen molar-refractivity contribution in [3.8, 4) is 5.75 Å². The quantitative estimate of drug-likeness (QED) is 0.806. The van der Waals surface area contributed by atoms with Crippen LogP contribution < -0.4 is 0 Å². The molecule has 0 radical (unpaired) electrons. The Morgan fingerprint density at radius 2 is 2.00 bits per heavy atom. The van der Waals surface area contributed by atoms with Crippen LogP contribution in [0.1, 0.15) is 47.7 Å². The third kappa shape index (κ3) is 3.52. The molecule has 0 saturated carbocycles. The van der Waals surface area contributed by atoms with Gasteiger partial charge < -0.3 is 10.2 Å². The Kier molecular flexibility index (Phi) is 4.94. The number of hydrogen-bond acceptors (Lipinski definition) is 3. The Hall–Kier alpha value is -2.62. The van der Waals surface area contributed by atoms with Crippen molar-refractivity contribution in [2.45, 2.75) is 26.2 Å². The first-order chi connectivity index (χ1) is 10.5. The van der Waals surface area contributed by atoms with E-state index in [9.17, 15) is 9.90 Å². The van der Waals surface area contributed by atoms with Crippen molar-refractivity contribution in [2.75, 3.05) is 0 Å². The van der Waals surface area contributed by atoms with E-state index in [-0.39, 0.29) is 11.3 Å². The van der Waals surface area contributed by atoms with Crippen LogP contribution in [-0.2, 0) is 0 Å². The molecule has 0 amide bonds. The number of benzene rings is 2. The largest absolute Gasteiger partial charge is 0.507 e. The number of carboxylic acids is 1. The lowest BCUT2D eigenvalue weighted by Gasteiger charge is -2.10. The summed E-state index contributed by atoms with van der Waals surface area (Å²) < 4.78 is 0. The summed E-state index contributed by atoms with van der Waals surface area (Å²) in [6.07, 6.45) is 2.51. The molecule has 0 bridgehead atoms. The Labute approximate surface area is 129 Å². The van der Waals surface area contributed by atoms with E-state index in [2.05, 4.69) is 18.8 Å². The van der Waals surface area contributed by atoms with Gasteiger partial charge in [0.25, 0.3) is 0 Å². The molecule has 1 atom stereocenters. The molecular formula is C18H19NO3. The normalized spacial score (nSPS) is 12.5. The van der Waals surface area contributed by atoms with Gasteiger partial charge in [-0.15, -0.1) is 0 Å². The number of nitrogens with zero attached hydrogens (tertiary/aromatic N) is 1. The molecule has 0 aliphatic heterocycles. The highest BCUT2D eigenvalue weighted by Crippen LogP contribution is 2.25. The second-order valence-corrected chi connectivity index (χ2v) is 5.21. The fourth-order valence-corrected chi connectivity index (χ4v) is 2.12. The molecule has 2 N–H and O–H groups in total.